The van der Waals surface area contributed by atoms with Crippen LogP contribution in [0.4, 0.5) is 0 Å². The van der Waals surface area contributed by atoms with Crippen molar-refractivity contribution in [2.24, 2.45) is 5.92 Å². The summed E-state index contributed by atoms with van der Waals surface area (Å²) in [4.78, 5) is 0. The van der Waals surface area contributed by atoms with Crippen LogP contribution in [0.25, 0.3) is 0 Å². The quantitative estimate of drug-likeness (QED) is 0.662. The zero-order valence-corrected chi connectivity index (χ0v) is 9.14. The molecule has 0 spiro atoms. The van der Waals surface area contributed by atoms with Crippen LogP contribution in [0, 0.1) is 5.92 Å². The van der Waals surface area contributed by atoms with Gasteiger partial charge in [0.2, 0.25) is 0 Å². The molecule has 0 heterocycles. The minimum Gasteiger partial charge on any atom is -0.389 e. The third-order valence-corrected chi connectivity index (χ3v) is 3.40. The van der Waals surface area contributed by atoms with Crippen LogP contribution in [0.15, 0.2) is 0 Å². The summed E-state index contributed by atoms with van der Waals surface area (Å²) in [6.45, 7) is 7.07. The summed E-state index contributed by atoms with van der Waals surface area (Å²) in [5, 5.41) is 13.5. The summed E-state index contributed by atoms with van der Waals surface area (Å²) in [6.07, 6.45) is 4.41. The molecule has 0 aliphatic heterocycles. The zero-order valence-electron chi connectivity index (χ0n) is 9.14. The molecule has 2 nitrogen and oxygen atoms in total. The van der Waals surface area contributed by atoms with E-state index in [0.717, 1.165) is 25.3 Å². The van der Waals surface area contributed by atoms with Gasteiger partial charge in [-0.2, -0.15) is 0 Å². The van der Waals surface area contributed by atoms with E-state index in [-0.39, 0.29) is 0 Å². The highest BCUT2D eigenvalue weighted by Gasteiger charge is 2.30. The molecule has 0 bridgehead atoms. The second kappa shape index (κ2) is 4.43. The van der Waals surface area contributed by atoms with Crippen LogP contribution in [0.2, 0.25) is 0 Å². The Morgan fingerprint density at radius 3 is 2.31 bits per heavy atom. The standard InChI is InChI=1S/C11H23NO/c1-4-11(13,5-2)8-12-9(3)10-6-7-10/h9-10,12-13H,4-8H2,1-3H3. The minimum absolute atomic E-state index is 0.483. The smallest absolute Gasteiger partial charge is 0.0766 e. The molecule has 13 heavy (non-hydrogen) atoms. The summed E-state index contributed by atoms with van der Waals surface area (Å²) in [5.74, 6) is 0.873. The lowest BCUT2D eigenvalue weighted by atomic mass is 9.97. The fourth-order valence-electron chi connectivity index (χ4n) is 1.61. The molecule has 1 saturated carbocycles. The molecule has 1 fully saturated rings. The van der Waals surface area contributed by atoms with E-state index in [4.69, 9.17) is 0 Å². The van der Waals surface area contributed by atoms with Gasteiger partial charge in [0.15, 0.2) is 0 Å². The lowest BCUT2D eigenvalue weighted by Crippen LogP contribution is -2.43. The van der Waals surface area contributed by atoms with Gasteiger partial charge in [0.05, 0.1) is 5.60 Å². The summed E-state index contributed by atoms with van der Waals surface area (Å²) in [7, 11) is 0. The molecule has 1 aliphatic rings. The Morgan fingerprint density at radius 2 is 1.92 bits per heavy atom. The third kappa shape index (κ3) is 3.28. The van der Waals surface area contributed by atoms with Gasteiger partial charge in [-0.05, 0) is 38.5 Å². The molecule has 1 rings (SSSR count). The maximum absolute atomic E-state index is 10.0. The Kier molecular flexibility index (Phi) is 3.74. The fourth-order valence-corrected chi connectivity index (χ4v) is 1.61. The highest BCUT2D eigenvalue weighted by molar-refractivity contribution is 4.86. The van der Waals surface area contributed by atoms with Crippen molar-refractivity contribution in [3.63, 3.8) is 0 Å². The molecule has 0 aromatic carbocycles. The molecule has 0 saturated heterocycles. The van der Waals surface area contributed by atoms with Crippen LogP contribution < -0.4 is 5.32 Å². The predicted molar refractivity (Wildman–Crippen MR) is 55.7 cm³/mol. The van der Waals surface area contributed by atoms with Crippen LogP contribution in [-0.4, -0.2) is 23.3 Å². The fraction of sp³-hybridized carbons (Fsp3) is 1.00. The van der Waals surface area contributed by atoms with Crippen LogP contribution in [0.1, 0.15) is 46.5 Å². The van der Waals surface area contributed by atoms with E-state index in [2.05, 4.69) is 12.2 Å². The Morgan fingerprint density at radius 1 is 1.38 bits per heavy atom. The monoisotopic (exact) mass is 185 g/mol. The molecule has 0 radical (unpaired) electrons. The molecule has 1 atom stereocenters. The van der Waals surface area contributed by atoms with E-state index in [1.807, 2.05) is 13.8 Å². The minimum atomic E-state index is -0.483. The summed E-state index contributed by atoms with van der Waals surface area (Å²) < 4.78 is 0. The first kappa shape index (κ1) is 11.0. The number of hydrogen-bond acceptors (Lipinski definition) is 2. The van der Waals surface area contributed by atoms with Gasteiger partial charge in [-0.1, -0.05) is 13.8 Å². The Labute approximate surface area is 81.7 Å². The Hall–Kier alpha value is -0.0800. The van der Waals surface area contributed by atoms with Gasteiger partial charge in [0, 0.05) is 12.6 Å². The molecular formula is C11H23NO. The molecule has 0 aromatic rings. The molecule has 0 aromatic heterocycles. The molecule has 0 amide bonds. The first-order valence-corrected chi connectivity index (χ1v) is 5.57. The molecule has 2 N–H and O–H groups in total. The number of hydrogen-bond donors (Lipinski definition) is 2. The van der Waals surface area contributed by atoms with E-state index < -0.39 is 5.60 Å². The summed E-state index contributed by atoms with van der Waals surface area (Å²) >= 11 is 0. The second-order valence-corrected chi connectivity index (χ2v) is 4.44. The molecule has 78 valence electrons. The van der Waals surface area contributed by atoms with E-state index in [1.54, 1.807) is 0 Å². The molecular weight excluding hydrogens is 162 g/mol. The van der Waals surface area contributed by atoms with E-state index in [1.165, 1.54) is 12.8 Å². The van der Waals surface area contributed by atoms with Crippen LogP contribution in [0.5, 0.6) is 0 Å². The Bertz CT molecular complexity index is 150. The van der Waals surface area contributed by atoms with Gasteiger partial charge < -0.3 is 10.4 Å². The number of aliphatic hydroxyl groups is 1. The third-order valence-electron chi connectivity index (χ3n) is 3.40. The van der Waals surface area contributed by atoms with Gasteiger partial charge in [-0.15, -0.1) is 0 Å². The van der Waals surface area contributed by atoms with Crippen LogP contribution in [0.3, 0.4) is 0 Å². The highest BCUT2D eigenvalue weighted by Crippen LogP contribution is 2.32. The van der Waals surface area contributed by atoms with Crippen molar-refractivity contribution in [1.29, 1.82) is 0 Å². The topological polar surface area (TPSA) is 32.3 Å². The van der Waals surface area contributed by atoms with E-state index in [9.17, 15) is 5.11 Å². The normalized spacial score (nSPS) is 20.3. The average molecular weight is 185 g/mol. The lowest BCUT2D eigenvalue weighted by molar-refractivity contribution is 0.0297. The van der Waals surface area contributed by atoms with Crippen molar-refractivity contribution in [2.75, 3.05) is 6.54 Å². The van der Waals surface area contributed by atoms with Crippen molar-refractivity contribution in [2.45, 2.75) is 58.1 Å². The molecule has 1 aliphatic carbocycles. The van der Waals surface area contributed by atoms with Crippen molar-refractivity contribution in [1.82, 2.24) is 5.32 Å². The lowest BCUT2D eigenvalue weighted by Gasteiger charge is -2.27. The first-order chi connectivity index (χ1) is 6.11. The van der Waals surface area contributed by atoms with E-state index in [0.29, 0.717) is 6.04 Å². The van der Waals surface area contributed by atoms with Crippen molar-refractivity contribution in [3.05, 3.63) is 0 Å². The SMILES string of the molecule is CCC(O)(CC)CNC(C)C1CC1. The Balaban J connectivity index is 2.22. The van der Waals surface area contributed by atoms with Gasteiger partial charge in [-0.3, -0.25) is 0 Å². The van der Waals surface area contributed by atoms with Gasteiger partial charge in [-0.25, -0.2) is 0 Å². The molecule has 2 heteroatoms. The zero-order chi connectivity index (χ0) is 9.90. The number of nitrogens with one attached hydrogen (secondary N) is 1. The van der Waals surface area contributed by atoms with Crippen molar-refractivity contribution >= 4 is 0 Å². The van der Waals surface area contributed by atoms with Crippen molar-refractivity contribution < 1.29 is 5.11 Å². The molecule has 1 unspecified atom stereocenters. The largest absolute Gasteiger partial charge is 0.389 e. The average Bonchev–Trinajstić information content (AvgIpc) is 2.97. The van der Waals surface area contributed by atoms with Gasteiger partial charge >= 0.3 is 0 Å². The number of rotatable bonds is 6. The predicted octanol–water partition coefficient (Wildman–Crippen LogP) is 1.93. The van der Waals surface area contributed by atoms with Crippen LogP contribution in [-0.2, 0) is 0 Å². The second-order valence-electron chi connectivity index (χ2n) is 4.44. The van der Waals surface area contributed by atoms with E-state index >= 15 is 0 Å². The maximum Gasteiger partial charge on any atom is 0.0766 e. The van der Waals surface area contributed by atoms with Gasteiger partial charge in [0.25, 0.3) is 0 Å². The van der Waals surface area contributed by atoms with Crippen LogP contribution >= 0.6 is 0 Å². The summed E-state index contributed by atoms with van der Waals surface area (Å²) in [6, 6.07) is 0.588. The summed E-state index contributed by atoms with van der Waals surface area (Å²) in [5.41, 5.74) is -0.483. The highest BCUT2D eigenvalue weighted by atomic mass is 16.3. The van der Waals surface area contributed by atoms with Crippen molar-refractivity contribution in [3.8, 4) is 0 Å². The first-order valence-electron chi connectivity index (χ1n) is 5.57. The van der Waals surface area contributed by atoms with Gasteiger partial charge in [0.1, 0.15) is 0 Å². The maximum atomic E-state index is 10.0.